The number of hydrogen-bond acceptors (Lipinski definition) is 1. The molecule has 14 heavy (non-hydrogen) atoms. The van der Waals surface area contributed by atoms with Crippen LogP contribution < -0.4 is 0 Å². The fourth-order valence-electron chi connectivity index (χ4n) is 2.71. The maximum atomic E-state index is 10.2. The molecule has 0 bridgehead atoms. The van der Waals surface area contributed by atoms with E-state index in [9.17, 15) is 5.11 Å². The molecule has 1 nitrogen and oxygen atoms in total. The highest BCUT2D eigenvalue weighted by molar-refractivity contribution is 4.93. The topological polar surface area (TPSA) is 20.2 Å². The minimum Gasteiger partial charge on any atom is -0.392 e. The highest BCUT2D eigenvalue weighted by Crippen LogP contribution is 2.46. The smallest absolute Gasteiger partial charge is 0.0621 e. The maximum Gasteiger partial charge on any atom is 0.0621 e. The molecular formula is C13H26O. The molecular weight excluding hydrogens is 172 g/mol. The van der Waals surface area contributed by atoms with Crippen molar-refractivity contribution in [1.29, 1.82) is 0 Å². The van der Waals surface area contributed by atoms with Crippen LogP contribution in [0.3, 0.4) is 0 Å². The molecule has 0 saturated heterocycles. The second-order valence-corrected chi connectivity index (χ2v) is 5.50. The first-order valence-corrected chi connectivity index (χ1v) is 6.22. The Morgan fingerprint density at radius 1 is 1.29 bits per heavy atom. The highest BCUT2D eigenvalue weighted by atomic mass is 16.3. The summed E-state index contributed by atoms with van der Waals surface area (Å²) in [6.07, 6.45) is 6.11. The van der Waals surface area contributed by atoms with Gasteiger partial charge in [-0.3, -0.25) is 0 Å². The molecule has 0 radical (unpaired) electrons. The highest BCUT2D eigenvalue weighted by Gasteiger charge is 2.43. The van der Waals surface area contributed by atoms with Gasteiger partial charge in [0.05, 0.1) is 6.10 Å². The zero-order chi connectivity index (χ0) is 10.8. The maximum absolute atomic E-state index is 10.2. The van der Waals surface area contributed by atoms with E-state index in [-0.39, 0.29) is 11.5 Å². The Bertz CT molecular complexity index is 170. The van der Waals surface area contributed by atoms with Crippen LogP contribution in [0.1, 0.15) is 59.8 Å². The normalized spacial score (nSPS) is 22.1. The second kappa shape index (κ2) is 4.65. The van der Waals surface area contributed by atoms with Crippen molar-refractivity contribution in [2.24, 2.45) is 17.3 Å². The average Bonchev–Trinajstić information content (AvgIpc) is 2.95. The predicted octanol–water partition coefficient (Wildman–Crippen LogP) is 3.61. The molecule has 2 unspecified atom stereocenters. The molecule has 0 aromatic heterocycles. The lowest BCUT2D eigenvalue weighted by molar-refractivity contribution is -0.0133. The minimum absolute atomic E-state index is 0.0704. The summed E-state index contributed by atoms with van der Waals surface area (Å²) in [6.45, 7) is 8.99. The molecule has 0 amide bonds. The average molecular weight is 198 g/mol. The van der Waals surface area contributed by atoms with Gasteiger partial charge >= 0.3 is 0 Å². The standard InChI is InChI=1S/C13H26O/c1-5-7-11(6-2)13(3,4)12(14)10-8-9-10/h10-12,14H,5-9H2,1-4H3. The summed E-state index contributed by atoms with van der Waals surface area (Å²) in [5.74, 6) is 1.29. The van der Waals surface area contributed by atoms with E-state index in [1.54, 1.807) is 0 Å². The lowest BCUT2D eigenvalue weighted by atomic mass is 9.70. The van der Waals surface area contributed by atoms with E-state index in [1.165, 1.54) is 32.1 Å². The van der Waals surface area contributed by atoms with Crippen molar-refractivity contribution >= 4 is 0 Å². The molecule has 1 aliphatic carbocycles. The fourth-order valence-corrected chi connectivity index (χ4v) is 2.71. The summed E-state index contributed by atoms with van der Waals surface area (Å²) in [7, 11) is 0. The third-order valence-electron chi connectivity index (χ3n) is 4.01. The number of aliphatic hydroxyl groups is 1. The SMILES string of the molecule is CCCC(CC)C(C)(C)C(O)C1CC1. The van der Waals surface area contributed by atoms with Crippen LogP contribution in [0.2, 0.25) is 0 Å². The molecule has 1 saturated carbocycles. The Morgan fingerprint density at radius 2 is 1.86 bits per heavy atom. The van der Waals surface area contributed by atoms with Crippen molar-refractivity contribution in [2.45, 2.75) is 65.9 Å². The van der Waals surface area contributed by atoms with Gasteiger partial charge in [-0.05, 0) is 30.1 Å². The molecule has 84 valence electrons. The summed E-state index contributed by atoms with van der Waals surface area (Å²) in [4.78, 5) is 0. The van der Waals surface area contributed by atoms with E-state index < -0.39 is 0 Å². The van der Waals surface area contributed by atoms with Gasteiger partial charge in [-0.2, -0.15) is 0 Å². The van der Waals surface area contributed by atoms with Gasteiger partial charge in [0.1, 0.15) is 0 Å². The van der Waals surface area contributed by atoms with E-state index in [4.69, 9.17) is 0 Å². The fraction of sp³-hybridized carbons (Fsp3) is 1.00. The molecule has 2 atom stereocenters. The van der Waals surface area contributed by atoms with Crippen molar-refractivity contribution in [3.05, 3.63) is 0 Å². The van der Waals surface area contributed by atoms with E-state index in [1.807, 2.05) is 0 Å². The first-order chi connectivity index (χ1) is 6.54. The Balaban J connectivity index is 2.58. The third kappa shape index (κ3) is 2.50. The first kappa shape index (κ1) is 12.0. The van der Waals surface area contributed by atoms with E-state index in [0.717, 1.165) is 0 Å². The summed E-state index contributed by atoms with van der Waals surface area (Å²) < 4.78 is 0. The monoisotopic (exact) mass is 198 g/mol. The molecule has 0 aromatic carbocycles. The molecule has 0 spiro atoms. The van der Waals surface area contributed by atoms with Gasteiger partial charge in [0.15, 0.2) is 0 Å². The molecule has 1 N–H and O–H groups in total. The predicted molar refractivity (Wildman–Crippen MR) is 61.2 cm³/mol. The summed E-state index contributed by atoms with van der Waals surface area (Å²) in [5, 5.41) is 10.2. The van der Waals surface area contributed by atoms with E-state index >= 15 is 0 Å². The Labute approximate surface area is 88.9 Å². The number of rotatable bonds is 6. The summed E-state index contributed by atoms with van der Waals surface area (Å²) in [6, 6.07) is 0. The quantitative estimate of drug-likeness (QED) is 0.691. The van der Waals surface area contributed by atoms with Gasteiger partial charge in [0.2, 0.25) is 0 Å². The van der Waals surface area contributed by atoms with Crippen LogP contribution >= 0.6 is 0 Å². The summed E-state index contributed by atoms with van der Waals surface area (Å²) in [5.41, 5.74) is 0.117. The molecule has 0 aromatic rings. The molecule has 1 heteroatoms. The lowest BCUT2D eigenvalue weighted by Crippen LogP contribution is -2.38. The van der Waals surface area contributed by atoms with Crippen LogP contribution in [0.5, 0.6) is 0 Å². The second-order valence-electron chi connectivity index (χ2n) is 5.50. The number of hydrogen-bond donors (Lipinski definition) is 1. The largest absolute Gasteiger partial charge is 0.392 e. The summed E-state index contributed by atoms with van der Waals surface area (Å²) >= 11 is 0. The van der Waals surface area contributed by atoms with Gasteiger partial charge in [-0.1, -0.05) is 47.0 Å². The Morgan fingerprint density at radius 3 is 2.21 bits per heavy atom. The molecule has 0 heterocycles. The van der Waals surface area contributed by atoms with Crippen LogP contribution in [0.25, 0.3) is 0 Å². The minimum atomic E-state index is -0.0704. The molecule has 1 rings (SSSR count). The third-order valence-corrected chi connectivity index (χ3v) is 4.01. The van der Waals surface area contributed by atoms with Crippen LogP contribution in [-0.4, -0.2) is 11.2 Å². The van der Waals surface area contributed by atoms with Crippen molar-refractivity contribution in [3.63, 3.8) is 0 Å². The van der Waals surface area contributed by atoms with E-state index in [2.05, 4.69) is 27.7 Å². The van der Waals surface area contributed by atoms with Crippen LogP contribution in [0, 0.1) is 17.3 Å². The Kier molecular flexibility index (Phi) is 4.00. The van der Waals surface area contributed by atoms with E-state index in [0.29, 0.717) is 11.8 Å². The van der Waals surface area contributed by atoms with Crippen molar-refractivity contribution in [1.82, 2.24) is 0 Å². The molecule has 1 aliphatic rings. The zero-order valence-corrected chi connectivity index (χ0v) is 10.2. The van der Waals surface area contributed by atoms with Crippen LogP contribution in [0.4, 0.5) is 0 Å². The van der Waals surface area contributed by atoms with Crippen molar-refractivity contribution < 1.29 is 5.11 Å². The van der Waals surface area contributed by atoms with Gasteiger partial charge in [0, 0.05) is 0 Å². The van der Waals surface area contributed by atoms with Gasteiger partial charge in [-0.15, -0.1) is 0 Å². The van der Waals surface area contributed by atoms with Crippen LogP contribution in [0.15, 0.2) is 0 Å². The van der Waals surface area contributed by atoms with Gasteiger partial charge < -0.3 is 5.11 Å². The zero-order valence-electron chi connectivity index (χ0n) is 10.2. The number of aliphatic hydroxyl groups excluding tert-OH is 1. The Hall–Kier alpha value is -0.0400. The molecule has 1 fully saturated rings. The van der Waals surface area contributed by atoms with Gasteiger partial charge in [-0.25, -0.2) is 0 Å². The lowest BCUT2D eigenvalue weighted by Gasteiger charge is -2.38. The van der Waals surface area contributed by atoms with Crippen LogP contribution in [-0.2, 0) is 0 Å². The van der Waals surface area contributed by atoms with Gasteiger partial charge in [0.25, 0.3) is 0 Å². The first-order valence-electron chi connectivity index (χ1n) is 6.22. The van der Waals surface area contributed by atoms with Crippen molar-refractivity contribution in [2.75, 3.05) is 0 Å². The molecule has 0 aliphatic heterocycles. The van der Waals surface area contributed by atoms with Crippen molar-refractivity contribution in [3.8, 4) is 0 Å².